The Morgan fingerprint density at radius 1 is 0.310 bits per heavy atom. The molecule has 0 saturated carbocycles. The van der Waals surface area contributed by atoms with E-state index in [9.17, 15) is 0 Å². The largest absolute Gasteiger partial charge is 0.497 e. The molecule has 0 saturated heterocycles. The van der Waals surface area contributed by atoms with Gasteiger partial charge in [-0.05, 0) is 109 Å². The number of methoxy groups -OCH3 is 3. The first-order valence-electron chi connectivity index (χ1n) is 18.4. The van der Waals surface area contributed by atoms with E-state index >= 15 is 0 Å². The van der Waals surface area contributed by atoms with Crippen molar-refractivity contribution >= 4 is 69.9 Å². The molecule has 0 aromatic heterocycles. The van der Waals surface area contributed by atoms with Crippen LogP contribution < -0.4 is 28.9 Å². The standard InChI is InChI=1S/C45H36N10O3/c1-56-37-25-19-34(20-26-37)52(31-13-7-4-8-14-31)40-46-43-48-41(53(32-15-9-5-10-16-32)35-21-27-38(57-2)28-22-35)50-45-51-42(49-44(47-40)55(43)45)54(33-17-11-6-12-18-33)36-23-29-39(58-3)30-24-36/h4-30H,1-3H3. The minimum Gasteiger partial charge on any atom is -0.497 e. The van der Waals surface area contributed by atoms with Crippen LogP contribution in [0, 0.1) is 0 Å². The Morgan fingerprint density at radius 3 is 0.793 bits per heavy atom. The van der Waals surface area contributed by atoms with Gasteiger partial charge >= 0.3 is 0 Å². The molecule has 3 aliphatic heterocycles. The zero-order valence-electron chi connectivity index (χ0n) is 31.8. The van der Waals surface area contributed by atoms with Gasteiger partial charge in [-0.25, -0.2) is 4.90 Å². The Morgan fingerprint density at radius 2 is 0.552 bits per heavy atom. The van der Waals surface area contributed by atoms with Gasteiger partial charge < -0.3 is 14.2 Å². The second-order valence-corrected chi connectivity index (χ2v) is 12.9. The molecule has 13 nitrogen and oxygen atoms in total. The van der Waals surface area contributed by atoms with Crippen molar-refractivity contribution in [3.8, 4) is 17.2 Å². The molecule has 0 fully saturated rings. The quantitative estimate of drug-likeness (QED) is 0.144. The number of hydrogen-bond acceptors (Lipinski definition) is 13. The van der Waals surface area contributed by atoms with Crippen molar-refractivity contribution in [3.05, 3.63) is 164 Å². The molecule has 9 rings (SSSR count). The van der Waals surface area contributed by atoms with Crippen LogP contribution in [0.5, 0.6) is 17.2 Å². The summed E-state index contributed by atoms with van der Waals surface area (Å²) in [6, 6.07) is 52.9. The van der Waals surface area contributed by atoms with Crippen molar-refractivity contribution in [2.24, 2.45) is 30.0 Å². The van der Waals surface area contributed by atoms with Crippen molar-refractivity contribution in [2.45, 2.75) is 0 Å². The molecule has 0 radical (unpaired) electrons. The van der Waals surface area contributed by atoms with Gasteiger partial charge in [0, 0.05) is 34.1 Å². The summed E-state index contributed by atoms with van der Waals surface area (Å²) < 4.78 is 16.5. The van der Waals surface area contributed by atoms with E-state index < -0.39 is 0 Å². The molecule has 0 spiro atoms. The Kier molecular flexibility index (Phi) is 9.58. The van der Waals surface area contributed by atoms with Crippen molar-refractivity contribution < 1.29 is 14.2 Å². The lowest BCUT2D eigenvalue weighted by molar-refractivity contribution is 0.414. The summed E-state index contributed by atoms with van der Waals surface area (Å²) in [7, 11) is 4.93. The summed E-state index contributed by atoms with van der Waals surface area (Å²) in [5.74, 6) is 4.01. The molecule has 0 atom stereocenters. The third-order valence-electron chi connectivity index (χ3n) is 9.44. The molecular weight excluding hydrogens is 729 g/mol. The SMILES string of the molecule is COc1ccc(N(C2=NC3=NC(N(c4ccccc4)c4ccc(OC)cc4)=NC4=NC(N(c5ccccc5)c5ccc(OC)cc5)=NC(=N2)N34)c2ccccc2)cc1. The number of ether oxygens (including phenoxy) is 3. The Bertz CT molecular complexity index is 2320. The van der Waals surface area contributed by atoms with E-state index in [1.807, 2.05) is 178 Å². The fourth-order valence-electron chi connectivity index (χ4n) is 6.62. The van der Waals surface area contributed by atoms with Gasteiger partial charge in [0.2, 0.25) is 35.8 Å². The van der Waals surface area contributed by atoms with Gasteiger partial charge in [0.15, 0.2) is 0 Å². The number of aliphatic imine (C=N–C) groups is 6. The smallest absolute Gasteiger partial charge is 0.246 e. The summed E-state index contributed by atoms with van der Waals surface area (Å²) in [6.45, 7) is 0. The lowest BCUT2D eigenvalue weighted by Crippen LogP contribution is -2.51. The van der Waals surface area contributed by atoms with Crippen molar-refractivity contribution in [1.82, 2.24) is 4.90 Å². The van der Waals surface area contributed by atoms with Crippen molar-refractivity contribution in [1.29, 1.82) is 0 Å². The van der Waals surface area contributed by atoms with Crippen molar-refractivity contribution in [3.63, 3.8) is 0 Å². The maximum atomic E-state index is 5.50. The molecule has 0 aliphatic carbocycles. The molecule has 6 aromatic rings. The highest BCUT2D eigenvalue weighted by atomic mass is 16.5. The van der Waals surface area contributed by atoms with Crippen LogP contribution >= 0.6 is 0 Å². The van der Waals surface area contributed by atoms with Crippen LogP contribution in [-0.2, 0) is 0 Å². The zero-order chi connectivity index (χ0) is 39.4. The van der Waals surface area contributed by atoms with Crippen LogP contribution in [0.3, 0.4) is 0 Å². The average molecular weight is 765 g/mol. The highest BCUT2D eigenvalue weighted by Gasteiger charge is 2.39. The second kappa shape index (κ2) is 15.6. The first-order valence-corrected chi connectivity index (χ1v) is 18.4. The van der Waals surface area contributed by atoms with E-state index in [0.717, 1.165) is 51.4 Å². The number of rotatable bonds is 9. The van der Waals surface area contributed by atoms with Gasteiger partial charge in [-0.2, -0.15) is 30.0 Å². The van der Waals surface area contributed by atoms with E-state index in [4.69, 9.17) is 44.2 Å². The van der Waals surface area contributed by atoms with E-state index in [2.05, 4.69) is 0 Å². The maximum absolute atomic E-state index is 5.50. The minimum atomic E-state index is 0.283. The van der Waals surface area contributed by atoms with E-state index in [0.29, 0.717) is 17.9 Å². The highest BCUT2D eigenvalue weighted by Crippen LogP contribution is 2.35. The number of guanidine groups is 6. The van der Waals surface area contributed by atoms with Gasteiger partial charge in [-0.3, -0.25) is 14.7 Å². The normalized spacial score (nSPS) is 14.0. The Balaban J connectivity index is 1.27. The van der Waals surface area contributed by atoms with E-state index in [1.54, 1.807) is 26.2 Å². The molecule has 0 unspecified atom stereocenters. The fraction of sp³-hybridized carbons (Fsp3) is 0.0667. The zero-order valence-corrected chi connectivity index (χ0v) is 31.8. The third kappa shape index (κ3) is 6.88. The predicted molar refractivity (Wildman–Crippen MR) is 231 cm³/mol. The van der Waals surface area contributed by atoms with Crippen LogP contribution in [0.2, 0.25) is 0 Å². The first-order chi connectivity index (χ1) is 28.6. The van der Waals surface area contributed by atoms with Gasteiger partial charge in [0.05, 0.1) is 21.3 Å². The monoisotopic (exact) mass is 764 g/mol. The molecule has 0 N–H and O–H groups in total. The maximum Gasteiger partial charge on any atom is 0.246 e. The van der Waals surface area contributed by atoms with Crippen LogP contribution in [0.4, 0.5) is 34.1 Å². The molecule has 6 aromatic carbocycles. The topological polar surface area (TPSA) is 115 Å². The molecule has 3 heterocycles. The number of nitrogens with zero attached hydrogens (tertiary/aromatic N) is 10. The van der Waals surface area contributed by atoms with Gasteiger partial charge in [-0.15, -0.1) is 0 Å². The number of hydrogen-bond donors (Lipinski definition) is 0. The summed E-state index contributed by atoms with van der Waals surface area (Å²) in [5.41, 5.74) is 4.90. The average Bonchev–Trinajstić information content (AvgIpc) is 3.28. The summed E-state index contributed by atoms with van der Waals surface area (Å²) >= 11 is 0. The molecule has 13 heteroatoms. The highest BCUT2D eigenvalue weighted by molar-refractivity contribution is 6.34. The number of benzene rings is 6. The van der Waals surface area contributed by atoms with Crippen LogP contribution in [0.25, 0.3) is 0 Å². The Labute approximate surface area is 335 Å². The van der Waals surface area contributed by atoms with E-state index in [-0.39, 0.29) is 17.9 Å². The molecule has 3 aliphatic rings. The molecule has 0 amide bonds. The third-order valence-corrected chi connectivity index (χ3v) is 9.44. The van der Waals surface area contributed by atoms with E-state index in [1.165, 1.54) is 0 Å². The van der Waals surface area contributed by atoms with Crippen LogP contribution in [-0.4, -0.2) is 62.0 Å². The summed E-state index contributed by atoms with van der Waals surface area (Å²) in [4.78, 5) is 38.3. The van der Waals surface area contributed by atoms with Gasteiger partial charge in [-0.1, -0.05) is 54.6 Å². The van der Waals surface area contributed by atoms with Crippen LogP contribution in [0.1, 0.15) is 0 Å². The number of anilines is 6. The Hall–Kier alpha value is -8.06. The summed E-state index contributed by atoms with van der Waals surface area (Å²) in [6.07, 6.45) is 0. The summed E-state index contributed by atoms with van der Waals surface area (Å²) in [5, 5.41) is 0. The van der Waals surface area contributed by atoms with Crippen molar-refractivity contribution in [2.75, 3.05) is 36.0 Å². The molecule has 284 valence electrons. The minimum absolute atomic E-state index is 0.283. The molecular formula is C45H36N10O3. The predicted octanol–water partition coefficient (Wildman–Crippen LogP) is 9.01. The van der Waals surface area contributed by atoms with Gasteiger partial charge in [0.25, 0.3) is 0 Å². The molecule has 58 heavy (non-hydrogen) atoms. The second-order valence-electron chi connectivity index (χ2n) is 12.9. The molecule has 0 bridgehead atoms. The van der Waals surface area contributed by atoms with Gasteiger partial charge in [0.1, 0.15) is 17.2 Å². The fourth-order valence-corrected chi connectivity index (χ4v) is 6.62. The first kappa shape index (κ1) is 35.6. The lowest BCUT2D eigenvalue weighted by Gasteiger charge is -2.36. The lowest BCUT2D eigenvalue weighted by atomic mass is 10.2. The van der Waals surface area contributed by atoms with Crippen LogP contribution in [0.15, 0.2) is 194 Å². The number of para-hydroxylation sites is 3.